The highest BCUT2D eigenvalue weighted by Crippen LogP contribution is 2.12. The molecule has 1 aromatic rings. The van der Waals surface area contributed by atoms with Gasteiger partial charge in [-0.25, -0.2) is 4.98 Å². The highest BCUT2D eigenvalue weighted by molar-refractivity contribution is 5.42. The maximum absolute atomic E-state index is 4.52. The van der Waals surface area contributed by atoms with Crippen molar-refractivity contribution >= 4 is 11.8 Å². The number of anilines is 2. The first-order valence-corrected chi connectivity index (χ1v) is 6.64. The Labute approximate surface area is 110 Å². The molecule has 1 aromatic heterocycles. The predicted octanol–water partition coefficient (Wildman–Crippen LogP) is 1.69. The minimum Gasteiger partial charge on any atom is -0.357 e. The van der Waals surface area contributed by atoms with Crippen molar-refractivity contribution in [3.8, 4) is 0 Å². The summed E-state index contributed by atoms with van der Waals surface area (Å²) >= 11 is 0. The molecule has 0 spiro atoms. The van der Waals surface area contributed by atoms with Gasteiger partial charge in [0.1, 0.15) is 5.82 Å². The van der Waals surface area contributed by atoms with Gasteiger partial charge >= 0.3 is 0 Å². The van der Waals surface area contributed by atoms with E-state index in [0.717, 1.165) is 38.4 Å². The van der Waals surface area contributed by atoms with E-state index in [1.54, 1.807) is 0 Å². The zero-order valence-electron chi connectivity index (χ0n) is 12.0. The molecule has 0 atom stereocenters. The quantitative estimate of drug-likeness (QED) is 0.761. The molecule has 0 unspecified atom stereocenters. The van der Waals surface area contributed by atoms with Gasteiger partial charge in [0.25, 0.3) is 0 Å². The average molecular weight is 251 g/mol. The van der Waals surface area contributed by atoms with Gasteiger partial charge in [-0.15, -0.1) is 0 Å². The van der Waals surface area contributed by atoms with Crippen LogP contribution in [0.2, 0.25) is 0 Å². The lowest BCUT2D eigenvalue weighted by molar-refractivity contribution is 0.400. The normalized spacial score (nSPS) is 10.7. The molecule has 0 bridgehead atoms. The van der Waals surface area contributed by atoms with E-state index in [2.05, 4.69) is 46.1 Å². The van der Waals surface area contributed by atoms with Gasteiger partial charge in [0.05, 0.1) is 0 Å². The highest BCUT2D eigenvalue weighted by Gasteiger charge is 2.06. The Hall–Kier alpha value is -1.36. The maximum atomic E-state index is 4.52. The topological polar surface area (TPSA) is 44.3 Å². The molecule has 0 aromatic carbocycles. The van der Waals surface area contributed by atoms with Crippen molar-refractivity contribution < 1.29 is 0 Å². The summed E-state index contributed by atoms with van der Waals surface area (Å²) in [6, 6.07) is 1.97. The third-order valence-corrected chi connectivity index (χ3v) is 2.71. The van der Waals surface area contributed by atoms with Crippen LogP contribution in [0.4, 0.5) is 11.8 Å². The SMILES string of the molecule is CCNc1nccc(N(CC)CCCN(C)C)n1. The first-order chi connectivity index (χ1) is 8.67. The molecule has 18 heavy (non-hydrogen) atoms. The summed E-state index contributed by atoms with van der Waals surface area (Å²) in [5, 5.41) is 3.14. The van der Waals surface area contributed by atoms with E-state index in [1.807, 2.05) is 19.2 Å². The molecule has 0 amide bonds. The fourth-order valence-corrected chi connectivity index (χ4v) is 1.78. The van der Waals surface area contributed by atoms with E-state index in [-0.39, 0.29) is 0 Å². The third kappa shape index (κ3) is 4.87. The van der Waals surface area contributed by atoms with Crippen molar-refractivity contribution in [3.63, 3.8) is 0 Å². The van der Waals surface area contributed by atoms with E-state index in [4.69, 9.17) is 0 Å². The largest absolute Gasteiger partial charge is 0.357 e. The number of hydrogen-bond acceptors (Lipinski definition) is 5. The van der Waals surface area contributed by atoms with Gasteiger partial charge in [-0.3, -0.25) is 0 Å². The van der Waals surface area contributed by atoms with Crippen molar-refractivity contribution in [1.82, 2.24) is 14.9 Å². The number of rotatable bonds is 8. The molecule has 1 N–H and O–H groups in total. The van der Waals surface area contributed by atoms with E-state index in [9.17, 15) is 0 Å². The molecular weight excluding hydrogens is 226 g/mol. The molecule has 1 rings (SSSR count). The molecule has 0 saturated heterocycles. The zero-order chi connectivity index (χ0) is 13.4. The van der Waals surface area contributed by atoms with E-state index >= 15 is 0 Å². The van der Waals surface area contributed by atoms with Gasteiger partial charge in [0.2, 0.25) is 5.95 Å². The molecule has 102 valence electrons. The molecule has 0 fully saturated rings. The Balaban J connectivity index is 2.60. The van der Waals surface area contributed by atoms with Crippen molar-refractivity contribution in [2.75, 3.05) is 50.5 Å². The summed E-state index contributed by atoms with van der Waals surface area (Å²) in [7, 11) is 4.20. The zero-order valence-corrected chi connectivity index (χ0v) is 12.0. The molecule has 0 aliphatic heterocycles. The van der Waals surface area contributed by atoms with Crippen molar-refractivity contribution in [2.45, 2.75) is 20.3 Å². The summed E-state index contributed by atoms with van der Waals surface area (Å²) in [5.74, 6) is 1.71. The summed E-state index contributed by atoms with van der Waals surface area (Å²) < 4.78 is 0. The number of aromatic nitrogens is 2. The lowest BCUT2D eigenvalue weighted by Gasteiger charge is -2.23. The van der Waals surface area contributed by atoms with Crippen LogP contribution in [0, 0.1) is 0 Å². The summed E-state index contributed by atoms with van der Waals surface area (Å²) in [6.45, 7) is 8.14. The van der Waals surface area contributed by atoms with Crippen LogP contribution < -0.4 is 10.2 Å². The molecule has 0 radical (unpaired) electrons. The van der Waals surface area contributed by atoms with Crippen LogP contribution in [-0.4, -0.2) is 55.1 Å². The van der Waals surface area contributed by atoms with Crippen LogP contribution >= 0.6 is 0 Å². The first kappa shape index (κ1) is 14.7. The minimum atomic E-state index is 0.709. The van der Waals surface area contributed by atoms with Crippen LogP contribution in [0.15, 0.2) is 12.3 Å². The summed E-state index contributed by atoms with van der Waals surface area (Å²) in [5.41, 5.74) is 0. The number of nitrogens with zero attached hydrogens (tertiary/aromatic N) is 4. The molecular formula is C13H25N5. The fourth-order valence-electron chi connectivity index (χ4n) is 1.78. The van der Waals surface area contributed by atoms with Crippen molar-refractivity contribution in [3.05, 3.63) is 12.3 Å². The van der Waals surface area contributed by atoms with E-state index < -0.39 is 0 Å². The second kappa shape index (κ2) is 7.87. The van der Waals surface area contributed by atoms with Gasteiger partial charge in [0.15, 0.2) is 0 Å². The Bertz CT molecular complexity index is 340. The first-order valence-electron chi connectivity index (χ1n) is 6.64. The lowest BCUT2D eigenvalue weighted by Crippen LogP contribution is -2.28. The monoisotopic (exact) mass is 251 g/mol. The predicted molar refractivity (Wildman–Crippen MR) is 77.3 cm³/mol. The second-order valence-corrected chi connectivity index (χ2v) is 4.51. The van der Waals surface area contributed by atoms with Gasteiger partial charge in [0, 0.05) is 25.8 Å². The van der Waals surface area contributed by atoms with Gasteiger partial charge < -0.3 is 15.1 Å². The van der Waals surface area contributed by atoms with Crippen LogP contribution in [0.1, 0.15) is 20.3 Å². The molecule has 1 heterocycles. The van der Waals surface area contributed by atoms with E-state index in [0.29, 0.717) is 5.95 Å². The highest BCUT2D eigenvalue weighted by atomic mass is 15.2. The van der Waals surface area contributed by atoms with Crippen LogP contribution in [-0.2, 0) is 0 Å². The third-order valence-electron chi connectivity index (χ3n) is 2.71. The molecule has 0 saturated carbocycles. The Kier molecular flexibility index (Phi) is 6.43. The van der Waals surface area contributed by atoms with Crippen LogP contribution in [0.3, 0.4) is 0 Å². The van der Waals surface area contributed by atoms with Gasteiger partial charge in [-0.2, -0.15) is 4.98 Å². The standard InChI is InChI=1S/C13H25N5/c1-5-14-13-15-9-8-12(16-13)18(6-2)11-7-10-17(3)4/h8-9H,5-7,10-11H2,1-4H3,(H,14,15,16). The summed E-state index contributed by atoms with van der Waals surface area (Å²) in [4.78, 5) is 13.2. The van der Waals surface area contributed by atoms with Gasteiger partial charge in [-0.05, 0) is 47.0 Å². The van der Waals surface area contributed by atoms with Crippen LogP contribution in [0.25, 0.3) is 0 Å². The molecule has 0 aliphatic rings. The summed E-state index contributed by atoms with van der Waals surface area (Å²) in [6.07, 6.45) is 2.95. The maximum Gasteiger partial charge on any atom is 0.224 e. The van der Waals surface area contributed by atoms with Crippen LogP contribution in [0.5, 0.6) is 0 Å². The average Bonchev–Trinajstić information content (AvgIpc) is 2.35. The van der Waals surface area contributed by atoms with Crippen molar-refractivity contribution in [1.29, 1.82) is 0 Å². The Morgan fingerprint density at radius 3 is 2.61 bits per heavy atom. The fraction of sp³-hybridized carbons (Fsp3) is 0.692. The molecule has 5 nitrogen and oxygen atoms in total. The Morgan fingerprint density at radius 1 is 1.22 bits per heavy atom. The number of hydrogen-bond donors (Lipinski definition) is 1. The van der Waals surface area contributed by atoms with Gasteiger partial charge in [-0.1, -0.05) is 0 Å². The minimum absolute atomic E-state index is 0.709. The second-order valence-electron chi connectivity index (χ2n) is 4.51. The molecule has 5 heteroatoms. The number of nitrogens with one attached hydrogen (secondary N) is 1. The van der Waals surface area contributed by atoms with E-state index in [1.165, 1.54) is 0 Å². The Morgan fingerprint density at radius 2 is 2.00 bits per heavy atom. The molecule has 0 aliphatic carbocycles. The lowest BCUT2D eigenvalue weighted by atomic mass is 10.3. The van der Waals surface area contributed by atoms with Crippen molar-refractivity contribution in [2.24, 2.45) is 0 Å². The smallest absolute Gasteiger partial charge is 0.224 e.